The molecule has 1 aromatic heterocycles. The topological polar surface area (TPSA) is 54.9 Å². The number of aromatic nitrogens is 1. The Balaban J connectivity index is 1.69. The van der Waals surface area contributed by atoms with Crippen LogP contribution < -0.4 is 9.47 Å². The van der Waals surface area contributed by atoms with Gasteiger partial charge in [-0.1, -0.05) is 12.1 Å². The maximum Gasteiger partial charge on any atom is 0.254 e. The summed E-state index contributed by atoms with van der Waals surface area (Å²) in [7, 11) is 3.19. The van der Waals surface area contributed by atoms with Gasteiger partial charge in [0, 0.05) is 56.2 Å². The molecule has 6 nitrogen and oxygen atoms in total. The number of ether oxygens (including phenoxy) is 2. The van der Waals surface area contributed by atoms with Crippen LogP contribution in [0.5, 0.6) is 11.5 Å². The molecule has 1 fully saturated rings. The number of piperazine rings is 1. The van der Waals surface area contributed by atoms with Crippen LogP contribution in [0.1, 0.15) is 21.5 Å². The van der Waals surface area contributed by atoms with Crippen molar-refractivity contribution in [2.45, 2.75) is 13.0 Å². The molecule has 0 spiro atoms. The molecule has 0 atom stereocenters. The first-order valence-electron chi connectivity index (χ1n) is 9.42. The van der Waals surface area contributed by atoms with Crippen molar-refractivity contribution in [2.24, 2.45) is 0 Å². The van der Waals surface area contributed by atoms with E-state index >= 15 is 0 Å². The summed E-state index contributed by atoms with van der Waals surface area (Å²) in [5, 5.41) is 0. The minimum absolute atomic E-state index is 0.0206. The quantitative estimate of drug-likeness (QED) is 0.691. The van der Waals surface area contributed by atoms with Crippen LogP contribution in [-0.4, -0.2) is 61.1 Å². The second-order valence-electron chi connectivity index (χ2n) is 6.79. The number of allylic oxidation sites excluding steroid dienone is 1. The van der Waals surface area contributed by atoms with Crippen molar-refractivity contribution in [3.63, 3.8) is 0 Å². The molecule has 28 heavy (non-hydrogen) atoms. The highest BCUT2D eigenvalue weighted by atomic mass is 16.5. The number of hydrogen-bond donors (Lipinski definition) is 0. The molecule has 0 saturated carbocycles. The molecule has 148 valence electrons. The molecule has 0 unspecified atom stereocenters. The van der Waals surface area contributed by atoms with Crippen molar-refractivity contribution >= 4 is 5.91 Å². The molecule has 1 aliphatic heterocycles. The third-order valence-electron chi connectivity index (χ3n) is 4.96. The predicted octanol–water partition coefficient (Wildman–Crippen LogP) is 2.79. The van der Waals surface area contributed by atoms with Gasteiger partial charge in [-0.3, -0.25) is 14.7 Å². The number of carbonyl (C=O) groups is 1. The first-order valence-corrected chi connectivity index (χ1v) is 9.42. The van der Waals surface area contributed by atoms with E-state index in [9.17, 15) is 4.79 Å². The van der Waals surface area contributed by atoms with Gasteiger partial charge in [-0.2, -0.15) is 0 Å². The fourth-order valence-electron chi connectivity index (χ4n) is 3.52. The largest absolute Gasteiger partial charge is 0.493 e. The van der Waals surface area contributed by atoms with Gasteiger partial charge >= 0.3 is 0 Å². The number of carbonyl (C=O) groups excluding carboxylic acids is 1. The lowest BCUT2D eigenvalue weighted by molar-refractivity contribution is 0.0628. The lowest BCUT2D eigenvalue weighted by Gasteiger charge is -2.35. The minimum atomic E-state index is 0.0206. The van der Waals surface area contributed by atoms with Crippen molar-refractivity contribution in [1.29, 1.82) is 0 Å². The zero-order valence-electron chi connectivity index (χ0n) is 16.6. The van der Waals surface area contributed by atoms with Crippen LogP contribution in [0.25, 0.3) is 0 Å². The Morgan fingerprint density at radius 1 is 1.21 bits per heavy atom. The van der Waals surface area contributed by atoms with Gasteiger partial charge < -0.3 is 14.4 Å². The van der Waals surface area contributed by atoms with E-state index in [1.807, 2.05) is 23.2 Å². The lowest BCUT2D eigenvalue weighted by Crippen LogP contribution is -2.48. The highest BCUT2D eigenvalue weighted by molar-refractivity contribution is 5.95. The lowest BCUT2D eigenvalue weighted by atomic mass is 10.0. The summed E-state index contributed by atoms with van der Waals surface area (Å²) in [5.74, 6) is 1.24. The Morgan fingerprint density at radius 2 is 2.00 bits per heavy atom. The van der Waals surface area contributed by atoms with Gasteiger partial charge in [-0.25, -0.2) is 0 Å². The van der Waals surface area contributed by atoms with Crippen LogP contribution in [0.2, 0.25) is 0 Å². The zero-order chi connectivity index (χ0) is 19.9. The Bertz CT molecular complexity index is 815. The van der Waals surface area contributed by atoms with Gasteiger partial charge in [0.2, 0.25) is 0 Å². The van der Waals surface area contributed by atoms with Crippen molar-refractivity contribution in [2.75, 3.05) is 40.4 Å². The Morgan fingerprint density at radius 3 is 2.61 bits per heavy atom. The molecule has 0 aliphatic carbocycles. The zero-order valence-corrected chi connectivity index (χ0v) is 16.6. The third kappa shape index (κ3) is 4.51. The minimum Gasteiger partial charge on any atom is -0.493 e. The fraction of sp³-hybridized carbons (Fsp3) is 0.364. The van der Waals surface area contributed by atoms with E-state index < -0.39 is 0 Å². The Labute approximate surface area is 166 Å². The van der Waals surface area contributed by atoms with Gasteiger partial charge in [0.05, 0.1) is 14.2 Å². The van der Waals surface area contributed by atoms with Gasteiger partial charge in [-0.05, 0) is 30.2 Å². The number of hydrogen-bond acceptors (Lipinski definition) is 5. The molecular formula is C22H27N3O3. The highest BCUT2D eigenvalue weighted by Gasteiger charge is 2.24. The second-order valence-corrected chi connectivity index (χ2v) is 6.79. The SMILES string of the molecule is C=CCc1cc(C(=O)N2CCN(Cc3cccnc3)CC2)cc(OC)c1OC. The summed E-state index contributed by atoms with van der Waals surface area (Å²) < 4.78 is 10.9. The van der Waals surface area contributed by atoms with Crippen LogP contribution in [0, 0.1) is 0 Å². The predicted molar refractivity (Wildman–Crippen MR) is 109 cm³/mol. The first kappa shape index (κ1) is 19.9. The maximum absolute atomic E-state index is 13.1. The van der Waals surface area contributed by atoms with Crippen LogP contribution in [-0.2, 0) is 13.0 Å². The summed E-state index contributed by atoms with van der Waals surface area (Å²) in [6.45, 7) is 7.73. The van der Waals surface area contributed by atoms with Crippen molar-refractivity contribution in [1.82, 2.24) is 14.8 Å². The van der Waals surface area contributed by atoms with Crippen molar-refractivity contribution < 1.29 is 14.3 Å². The molecular weight excluding hydrogens is 354 g/mol. The number of methoxy groups -OCH3 is 2. The monoisotopic (exact) mass is 381 g/mol. The Hall–Kier alpha value is -2.86. The van der Waals surface area contributed by atoms with E-state index in [-0.39, 0.29) is 5.91 Å². The summed E-state index contributed by atoms with van der Waals surface area (Å²) in [5.41, 5.74) is 2.71. The molecule has 1 amide bonds. The van der Waals surface area contributed by atoms with Crippen LogP contribution in [0.15, 0.2) is 49.3 Å². The van der Waals surface area contributed by atoms with E-state index in [0.29, 0.717) is 36.6 Å². The fourth-order valence-corrected chi connectivity index (χ4v) is 3.52. The third-order valence-corrected chi connectivity index (χ3v) is 4.96. The highest BCUT2D eigenvalue weighted by Crippen LogP contribution is 2.33. The summed E-state index contributed by atoms with van der Waals surface area (Å²) in [6, 6.07) is 7.67. The van der Waals surface area contributed by atoms with Crippen molar-refractivity contribution in [3.8, 4) is 11.5 Å². The van der Waals surface area contributed by atoms with Crippen LogP contribution in [0.3, 0.4) is 0 Å². The van der Waals surface area contributed by atoms with E-state index in [2.05, 4.69) is 22.5 Å². The molecule has 6 heteroatoms. The average molecular weight is 381 g/mol. The number of amides is 1. The average Bonchev–Trinajstić information content (AvgIpc) is 2.74. The van der Waals surface area contributed by atoms with Gasteiger partial charge in [0.15, 0.2) is 11.5 Å². The van der Waals surface area contributed by atoms with Crippen LogP contribution in [0.4, 0.5) is 0 Å². The van der Waals surface area contributed by atoms with Crippen molar-refractivity contribution in [3.05, 3.63) is 66.0 Å². The summed E-state index contributed by atoms with van der Waals surface area (Å²) >= 11 is 0. The molecule has 3 rings (SSSR count). The molecule has 1 aliphatic rings. The van der Waals surface area contributed by atoms with E-state index in [0.717, 1.165) is 25.2 Å². The van der Waals surface area contributed by atoms with Gasteiger partial charge in [-0.15, -0.1) is 6.58 Å². The molecule has 1 saturated heterocycles. The van der Waals surface area contributed by atoms with Gasteiger partial charge in [0.25, 0.3) is 5.91 Å². The first-order chi connectivity index (χ1) is 13.7. The molecule has 2 heterocycles. The maximum atomic E-state index is 13.1. The second kappa shape index (κ2) is 9.37. The number of rotatable bonds is 7. The summed E-state index contributed by atoms with van der Waals surface area (Å²) in [4.78, 5) is 21.5. The smallest absolute Gasteiger partial charge is 0.254 e. The standard InChI is InChI=1S/C22H27N3O3/c1-4-6-18-13-19(14-20(27-2)21(18)28-3)22(26)25-11-9-24(10-12-25)16-17-7-5-8-23-15-17/h4-5,7-8,13-15H,1,6,9-12,16H2,2-3H3. The number of pyridine rings is 1. The molecule has 2 aromatic rings. The summed E-state index contributed by atoms with van der Waals surface area (Å²) in [6.07, 6.45) is 6.08. The van der Waals surface area contributed by atoms with Gasteiger partial charge in [0.1, 0.15) is 0 Å². The van der Waals surface area contributed by atoms with E-state index in [4.69, 9.17) is 9.47 Å². The molecule has 0 bridgehead atoms. The Kier molecular flexibility index (Phi) is 6.66. The number of benzene rings is 1. The normalized spacial score (nSPS) is 14.6. The molecule has 0 N–H and O–H groups in total. The van der Waals surface area contributed by atoms with E-state index in [1.54, 1.807) is 32.6 Å². The van der Waals surface area contributed by atoms with E-state index in [1.165, 1.54) is 5.56 Å². The molecule has 1 aromatic carbocycles. The van der Waals surface area contributed by atoms with Crippen LogP contribution >= 0.6 is 0 Å². The molecule has 0 radical (unpaired) electrons. The number of nitrogens with zero attached hydrogens (tertiary/aromatic N) is 3.